The Morgan fingerprint density at radius 1 is 1.41 bits per heavy atom. The largest absolute Gasteiger partial charge is 0.416 e. The highest BCUT2D eigenvalue weighted by molar-refractivity contribution is 7.89. The predicted octanol–water partition coefficient (Wildman–Crippen LogP) is 1.99. The van der Waals surface area contributed by atoms with Crippen LogP contribution in [0.4, 0.5) is 13.2 Å². The fourth-order valence-electron chi connectivity index (χ4n) is 2.86. The van der Waals surface area contributed by atoms with Gasteiger partial charge in [0.05, 0.1) is 17.0 Å². The van der Waals surface area contributed by atoms with Crippen molar-refractivity contribution in [2.75, 3.05) is 19.6 Å². The molecule has 1 amide bonds. The Balaban J connectivity index is 0.00000364. The average molecular weight is 430 g/mol. The van der Waals surface area contributed by atoms with E-state index in [2.05, 4.69) is 4.72 Å². The molecule has 1 aliphatic heterocycles. The zero-order valence-corrected chi connectivity index (χ0v) is 16.3. The van der Waals surface area contributed by atoms with E-state index in [-0.39, 0.29) is 24.4 Å². The molecule has 0 bridgehead atoms. The molecule has 2 rings (SSSR count). The number of nitrogens with one attached hydrogen (secondary N) is 1. The van der Waals surface area contributed by atoms with Gasteiger partial charge in [0.15, 0.2) is 0 Å². The minimum Gasteiger partial charge on any atom is -0.341 e. The van der Waals surface area contributed by atoms with E-state index in [1.165, 1.54) is 4.90 Å². The number of halogens is 4. The van der Waals surface area contributed by atoms with Crippen LogP contribution in [0.5, 0.6) is 0 Å². The van der Waals surface area contributed by atoms with E-state index >= 15 is 0 Å². The second-order valence-corrected chi connectivity index (χ2v) is 8.22. The van der Waals surface area contributed by atoms with Gasteiger partial charge in [0.2, 0.25) is 15.9 Å². The number of piperidine rings is 1. The van der Waals surface area contributed by atoms with Crippen LogP contribution in [0.25, 0.3) is 0 Å². The van der Waals surface area contributed by atoms with Crippen LogP contribution in [0, 0.1) is 5.92 Å². The van der Waals surface area contributed by atoms with E-state index in [0.29, 0.717) is 19.2 Å². The van der Waals surface area contributed by atoms with Gasteiger partial charge in [-0.3, -0.25) is 4.79 Å². The van der Waals surface area contributed by atoms with Crippen LogP contribution in [0.15, 0.2) is 29.2 Å². The third kappa shape index (κ3) is 6.34. The molecule has 2 atom stereocenters. The fraction of sp³-hybridized carbons (Fsp3) is 0.562. The van der Waals surface area contributed by atoms with Crippen LogP contribution in [0.2, 0.25) is 0 Å². The first-order chi connectivity index (χ1) is 12.0. The van der Waals surface area contributed by atoms with E-state index in [0.717, 1.165) is 31.0 Å². The molecule has 3 N–H and O–H groups in total. The summed E-state index contributed by atoms with van der Waals surface area (Å²) >= 11 is 0. The Labute approximate surface area is 162 Å². The lowest BCUT2D eigenvalue weighted by molar-refractivity contribution is -0.137. The number of nitrogens with two attached hydrogens (primary N) is 1. The number of carbonyl (C=O) groups excluding carboxylic acids is 1. The van der Waals surface area contributed by atoms with Crippen molar-refractivity contribution in [1.82, 2.24) is 9.62 Å². The van der Waals surface area contributed by atoms with Crippen molar-refractivity contribution in [3.8, 4) is 0 Å². The summed E-state index contributed by atoms with van der Waals surface area (Å²) in [6, 6.07) is 3.31. The highest BCUT2D eigenvalue weighted by Gasteiger charge is 2.32. The molecule has 1 fully saturated rings. The maximum absolute atomic E-state index is 12.7. The van der Waals surface area contributed by atoms with Gasteiger partial charge in [0.1, 0.15) is 0 Å². The van der Waals surface area contributed by atoms with Gasteiger partial charge in [-0.2, -0.15) is 13.2 Å². The molecule has 1 aromatic carbocycles. The first-order valence-electron chi connectivity index (χ1n) is 8.21. The normalized spacial score (nSPS) is 19.3. The summed E-state index contributed by atoms with van der Waals surface area (Å²) < 4.78 is 64.7. The van der Waals surface area contributed by atoms with Gasteiger partial charge in [-0.15, -0.1) is 12.4 Å². The molecule has 6 nitrogen and oxygen atoms in total. The molecule has 1 aromatic rings. The molecule has 0 radical (unpaired) electrons. The third-order valence-electron chi connectivity index (χ3n) is 4.44. The summed E-state index contributed by atoms with van der Waals surface area (Å²) in [5, 5.41) is 0. The lowest BCUT2D eigenvalue weighted by atomic mass is 9.92. The van der Waals surface area contributed by atoms with Crippen molar-refractivity contribution >= 4 is 28.3 Å². The monoisotopic (exact) mass is 429 g/mol. The molecule has 1 saturated heterocycles. The Hall–Kier alpha value is -1.36. The highest BCUT2D eigenvalue weighted by Crippen LogP contribution is 2.30. The number of nitrogens with zero attached hydrogens (tertiary/aromatic N) is 1. The molecule has 2 unspecified atom stereocenters. The number of rotatable bonds is 5. The van der Waals surface area contributed by atoms with Crippen LogP contribution >= 0.6 is 12.4 Å². The first kappa shape index (κ1) is 23.7. The Kier molecular flexibility index (Phi) is 8.09. The second-order valence-electron chi connectivity index (χ2n) is 6.45. The number of sulfonamides is 1. The van der Waals surface area contributed by atoms with Gasteiger partial charge in [-0.1, -0.05) is 6.07 Å². The van der Waals surface area contributed by atoms with Crippen molar-refractivity contribution in [2.45, 2.75) is 36.9 Å². The van der Waals surface area contributed by atoms with E-state index in [1.54, 1.807) is 0 Å². The lowest BCUT2D eigenvalue weighted by Crippen LogP contribution is -2.48. The van der Waals surface area contributed by atoms with Gasteiger partial charge >= 0.3 is 6.18 Å². The molecule has 1 heterocycles. The summed E-state index contributed by atoms with van der Waals surface area (Å²) in [6.45, 7) is 2.30. The summed E-state index contributed by atoms with van der Waals surface area (Å²) in [4.78, 5) is 13.2. The van der Waals surface area contributed by atoms with Crippen LogP contribution < -0.4 is 10.5 Å². The van der Waals surface area contributed by atoms with E-state index in [1.807, 2.05) is 6.92 Å². The van der Waals surface area contributed by atoms with Crippen LogP contribution in [0.1, 0.15) is 25.3 Å². The molecular formula is C16H23ClF3N3O3S. The van der Waals surface area contributed by atoms with E-state index < -0.39 is 39.1 Å². The number of hydrogen-bond donors (Lipinski definition) is 2. The number of carbonyl (C=O) groups is 1. The zero-order valence-electron chi connectivity index (χ0n) is 14.7. The van der Waals surface area contributed by atoms with E-state index in [9.17, 15) is 26.4 Å². The Morgan fingerprint density at radius 2 is 2.07 bits per heavy atom. The number of alkyl halides is 3. The molecule has 0 spiro atoms. The molecule has 0 aromatic heterocycles. The molecular weight excluding hydrogens is 407 g/mol. The topological polar surface area (TPSA) is 92.5 Å². The number of amides is 1. The molecule has 1 aliphatic rings. The average Bonchev–Trinajstić information content (AvgIpc) is 2.59. The van der Waals surface area contributed by atoms with Crippen LogP contribution in [-0.2, 0) is 21.0 Å². The molecule has 11 heteroatoms. The van der Waals surface area contributed by atoms with Crippen LogP contribution in [0.3, 0.4) is 0 Å². The number of benzene rings is 1. The van der Waals surface area contributed by atoms with Gasteiger partial charge in [0, 0.05) is 19.1 Å². The van der Waals surface area contributed by atoms with Crippen molar-refractivity contribution in [1.29, 1.82) is 0 Å². The van der Waals surface area contributed by atoms with Gasteiger partial charge < -0.3 is 10.6 Å². The van der Waals surface area contributed by atoms with Crippen molar-refractivity contribution in [2.24, 2.45) is 11.7 Å². The summed E-state index contributed by atoms with van der Waals surface area (Å²) in [5.41, 5.74) is 4.79. The summed E-state index contributed by atoms with van der Waals surface area (Å²) in [7, 11) is -4.23. The van der Waals surface area contributed by atoms with Crippen molar-refractivity contribution in [3.63, 3.8) is 0 Å². The van der Waals surface area contributed by atoms with Gasteiger partial charge in [-0.05, 0) is 43.9 Å². The van der Waals surface area contributed by atoms with Gasteiger partial charge in [-0.25, -0.2) is 13.1 Å². The zero-order chi connectivity index (χ0) is 19.5. The standard InChI is InChI=1S/C16H22F3N3O3S.ClH/c1-11(20)12-4-3-7-22(10-12)15(23)9-21-26(24,25)14-6-2-5-13(8-14)16(17,18)19;/h2,5-6,8,11-12,21H,3-4,7,9-10,20H2,1H3;1H. The maximum atomic E-state index is 12.7. The van der Waals surface area contributed by atoms with Crippen molar-refractivity contribution in [3.05, 3.63) is 29.8 Å². The molecule has 0 saturated carbocycles. The summed E-state index contributed by atoms with van der Waals surface area (Å²) in [5.74, 6) is -0.279. The SMILES string of the molecule is CC(N)C1CCCN(C(=O)CNS(=O)(=O)c2cccc(C(F)(F)F)c2)C1.Cl. The first-order valence-corrected chi connectivity index (χ1v) is 9.69. The van der Waals surface area contributed by atoms with Crippen LogP contribution in [-0.4, -0.2) is 44.9 Å². The minimum atomic E-state index is -4.65. The molecule has 27 heavy (non-hydrogen) atoms. The molecule has 154 valence electrons. The quantitative estimate of drug-likeness (QED) is 0.748. The van der Waals surface area contributed by atoms with E-state index in [4.69, 9.17) is 5.73 Å². The molecule has 0 aliphatic carbocycles. The second kappa shape index (κ2) is 9.22. The van der Waals surface area contributed by atoms with Crippen molar-refractivity contribution < 1.29 is 26.4 Å². The predicted molar refractivity (Wildman–Crippen MR) is 96.8 cm³/mol. The number of hydrogen-bond acceptors (Lipinski definition) is 4. The fourth-order valence-corrected chi connectivity index (χ4v) is 3.88. The number of likely N-dealkylation sites (tertiary alicyclic amines) is 1. The smallest absolute Gasteiger partial charge is 0.341 e. The summed E-state index contributed by atoms with van der Waals surface area (Å²) in [6.07, 6.45) is -2.97. The minimum absolute atomic E-state index is 0. The van der Waals surface area contributed by atoms with Gasteiger partial charge in [0.25, 0.3) is 0 Å². The lowest BCUT2D eigenvalue weighted by Gasteiger charge is -2.34. The highest BCUT2D eigenvalue weighted by atomic mass is 35.5. The Bertz CT molecular complexity index is 757. The maximum Gasteiger partial charge on any atom is 0.416 e. The Morgan fingerprint density at radius 3 is 2.67 bits per heavy atom. The third-order valence-corrected chi connectivity index (χ3v) is 5.84.